The molecule has 1 amide bonds. The van der Waals surface area contributed by atoms with Crippen LogP contribution in [0.4, 0.5) is 5.13 Å². The van der Waals surface area contributed by atoms with Crippen molar-refractivity contribution in [1.82, 2.24) is 10.3 Å². The second kappa shape index (κ2) is 8.35. The van der Waals surface area contributed by atoms with E-state index in [1.54, 1.807) is 35.6 Å². The lowest BCUT2D eigenvalue weighted by atomic mass is 9.98. The second-order valence-electron chi connectivity index (χ2n) is 5.82. The molecular formula is C17H20ClN3O2S. The van der Waals surface area contributed by atoms with Gasteiger partial charge in [0.05, 0.1) is 0 Å². The Hall–Kier alpha value is -1.79. The Morgan fingerprint density at radius 1 is 1.42 bits per heavy atom. The van der Waals surface area contributed by atoms with Gasteiger partial charge < -0.3 is 15.0 Å². The van der Waals surface area contributed by atoms with Crippen LogP contribution in [0.2, 0.25) is 5.02 Å². The normalized spacial score (nSPS) is 17.5. The fourth-order valence-corrected chi connectivity index (χ4v) is 3.57. The average molecular weight is 366 g/mol. The molecule has 0 spiro atoms. The Kier molecular flexibility index (Phi) is 5.93. The van der Waals surface area contributed by atoms with Gasteiger partial charge in [-0.15, -0.1) is 11.3 Å². The van der Waals surface area contributed by atoms with Gasteiger partial charge in [0.1, 0.15) is 5.75 Å². The number of anilines is 1. The molecule has 3 rings (SSSR count). The molecule has 1 fully saturated rings. The quantitative estimate of drug-likeness (QED) is 0.854. The standard InChI is InChI=1S/C17H20ClN3O2S/c18-14-3-5-15(6-4-14)23-12-16(22)20-10-13-2-1-8-21(11-13)17-19-7-9-24-17/h3-7,9,13H,1-2,8,10-12H2,(H,20,22)/t13-/m1/s1. The van der Waals surface area contributed by atoms with E-state index in [1.165, 1.54) is 0 Å². The zero-order valence-electron chi connectivity index (χ0n) is 13.3. The summed E-state index contributed by atoms with van der Waals surface area (Å²) >= 11 is 7.48. The van der Waals surface area contributed by atoms with Gasteiger partial charge in [0.2, 0.25) is 0 Å². The van der Waals surface area contributed by atoms with Crippen LogP contribution in [0.3, 0.4) is 0 Å². The third-order valence-corrected chi connectivity index (χ3v) is 5.06. The van der Waals surface area contributed by atoms with Gasteiger partial charge in [0, 0.05) is 36.2 Å². The molecule has 0 bridgehead atoms. The number of carbonyl (C=O) groups excluding carboxylic acids is 1. The minimum absolute atomic E-state index is 0.0184. The summed E-state index contributed by atoms with van der Waals surface area (Å²) in [6.45, 7) is 2.67. The first-order valence-corrected chi connectivity index (χ1v) is 9.26. The Balaban J connectivity index is 1.40. The maximum absolute atomic E-state index is 12.0. The zero-order chi connectivity index (χ0) is 16.8. The largest absolute Gasteiger partial charge is 0.484 e. The van der Waals surface area contributed by atoms with Crippen LogP contribution in [0.5, 0.6) is 5.75 Å². The van der Waals surface area contributed by atoms with Crippen molar-refractivity contribution >= 4 is 34.0 Å². The summed E-state index contributed by atoms with van der Waals surface area (Å²) in [7, 11) is 0. The van der Waals surface area contributed by atoms with E-state index < -0.39 is 0 Å². The first-order valence-electron chi connectivity index (χ1n) is 8.00. The highest BCUT2D eigenvalue weighted by Crippen LogP contribution is 2.24. The van der Waals surface area contributed by atoms with Crippen molar-refractivity contribution in [2.75, 3.05) is 31.1 Å². The van der Waals surface area contributed by atoms with Crippen molar-refractivity contribution in [3.05, 3.63) is 40.9 Å². The number of halogens is 1. The van der Waals surface area contributed by atoms with Crippen molar-refractivity contribution in [1.29, 1.82) is 0 Å². The average Bonchev–Trinajstić information content (AvgIpc) is 3.14. The van der Waals surface area contributed by atoms with E-state index in [-0.39, 0.29) is 12.5 Å². The summed E-state index contributed by atoms with van der Waals surface area (Å²) in [5, 5.41) is 6.67. The van der Waals surface area contributed by atoms with E-state index in [4.69, 9.17) is 16.3 Å². The monoisotopic (exact) mass is 365 g/mol. The van der Waals surface area contributed by atoms with Crippen molar-refractivity contribution in [2.45, 2.75) is 12.8 Å². The summed E-state index contributed by atoms with van der Waals surface area (Å²) in [6, 6.07) is 6.99. The van der Waals surface area contributed by atoms with E-state index in [2.05, 4.69) is 15.2 Å². The van der Waals surface area contributed by atoms with Crippen molar-refractivity contribution < 1.29 is 9.53 Å². The summed E-state index contributed by atoms with van der Waals surface area (Å²) < 4.78 is 5.45. The predicted octanol–water partition coefficient (Wildman–Crippen LogP) is 3.21. The molecule has 1 aromatic carbocycles. The Labute approximate surface area is 150 Å². The number of rotatable bonds is 6. The molecule has 0 aliphatic carbocycles. The van der Waals surface area contributed by atoms with Crippen LogP contribution in [-0.2, 0) is 4.79 Å². The molecule has 7 heteroatoms. The number of nitrogens with zero attached hydrogens (tertiary/aromatic N) is 2. The lowest BCUT2D eigenvalue weighted by Gasteiger charge is -2.32. The molecule has 5 nitrogen and oxygen atoms in total. The fourth-order valence-electron chi connectivity index (χ4n) is 2.77. The topological polar surface area (TPSA) is 54.5 Å². The van der Waals surface area contributed by atoms with Gasteiger partial charge in [0.25, 0.3) is 5.91 Å². The first kappa shape index (κ1) is 17.0. The molecule has 0 radical (unpaired) electrons. The van der Waals surface area contributed by atoms with Crippen LogP contribution >= 0.6 is 22.9 Å². The number of piperidine rings is 1. The molecule has 1 aliphatic rings. The van der Waals surface area contributed by atoms with Crippen molar-refractivity contribution in [3.8, 4) is 5.75 Å². The van der Waals surface area contributed by atoms with Gasteiger partial charge >= 0.3 is 0 Å². The smallest absolute Gasteiger partial charge is 0.257 e. The third kappa shape index (κ3) is 4.85. The molecule has 1 atom stereocenters. The van der Waals surface area contributed by atoms with Crippen molar-refractivity contribution in [2.24, 2.45) is 5.92 Å². The predicted molar refractivity (Wildman–Crippen MR) is 97.0 cm³/mol. The maximum atomic E-state index is 12.0. The number of amides is 1. The van der Waals surface area contributed by atoms with E-state index in [9.17, 15) is 4.79 Å². The Morgan fingerprint density at radius 3 is 3.00 bits per heavy atom. The molecular weight excluding hydrogens is 346 g/mol. The summed E-state index contributed by atoms with van der Waals surface area (Å²) in [5.74, 6) is 0.987. The molecule has 1 aromatic heterocycles. The van der Waals surface area contributed by atoms with Crippen LogP contribution in [0.1, 0.15) is 12.8 Å². The van der Waals surface area contributed by atoms with Crippen LogP contribution in [0.25, 0.3) is 0 Å². The highest BCUT2D eigenvalue weighted by Gasteiger charge is 2.21. The summed E-state index contributed by atoms with van der Waals surface area (Å²) in [6.07, 6.45) is 4.08. The molecule has 24 heavy (non-hydrogen) atoms. The molecule has 128 valence electrons. The number of carbonyl (C=O) groups is 1. The van der Waals surface area contributed by atoms with E-state index in [0.717, 1.165) is 31.1 Å². The SMILES string of the molecule is O=C(COc1ccc(Cl)cc1)NC[C@H]1CCCN(c2nccs2)C1. The van der Waals surface area contributed by atoms with E-state index >= 15 is 0 Å². The summed E-state index contributed by atoms with van der Waals surface area (Å²) in [4.78, 5) is 18.6. The fraction of sp³-hybridized carbons (Fsp3) is 0.412. The van der Waals surface area contributed by atoms with Crippen molar-refractivity contribution in [3.63, 3.8) is 0 Å². The van der Waals surface area contributed by atoms with Gasteiger partial charge in [-0.25, -0.2) is 4.98 Å². The minimum Gasteiger partial charge on any atom is -0.484 e. The molecule has 2 aromatic rings. The second-order valence-corrected chi connectivity index (χ2v) is 7.13. The number of benzene rings is 1. The van der Waals surface area contributed by atoms with Gasteiger partial charge in [-0.1, -0.05) is 11.6 Å². The van der Waals surface area contributed by atoms with E-state index in [0.29, 0.717) is 23.2 Å². The number of nitrogens with one attached hydrogen (secondary N) is 1. The highest BCUT2D eigenvalue weighted by molar-refractivity contribution is 7.13. The number of thiazole rings is 1. The molecule has 1 N–H and O–H groups in total. The number of hydrogen-bond acceptors (Lipinski definition) is 5. The van der Waals surface area contributed by atoms with Crippen LogP contribution < -0.4 is 15.0 Å². The number of hydrogen-bond donors (Lipinski definition) is 1. The molecule has 2 heterocycles. The Bertz CT molecular complexity index is 648. The van der Waals surface area contributed by atoms with Crippen LogP contribution in [0.15, 0.2) is 35.8 Å². The number of aromatic nitrogens is 1. The lowest BCUT2D eigenvalue weighted by molar-refractivity contribution is -0.123. The van der Waals surface area contributed by atoms with Gasteiger partial charge in [-0.05, 0) is 43.0 Å². The van der Waals surface area contributed by atoms with E-state index in [1.807, 2.05) is 11.6 Å². The zero-order valence-corrected chi connectivity index (χ0v) is 14.9. The van der Waals surface area contributed by atoms with Crippen LogP contribution in [-0.4, -0.2) is 37.1 Å². The molecule has 0 saturated carbocycles. The Morgan fingerprint density at radius 2 is 2.25 bits per heavy atom. The third-order valence-electron chi connectivity index (χ3n) is 3.98. The molecule has 0 unspecified atom stereocenters. The minimum atomic E-state index is -0.101. The van der Waals surface area contributed by atoms with Gasteiger partial charge in [-0.3, -0.25) is 4.79 Å². The van der Waals surface area contributed by atoms with Crippen LogP contribution in [0, 0.1) is 5.92 Å². The van der Waals surface area contributed by atoms with Gasteiger partial charge in [0.15, 0.2) is 11.7 Å². The maximum Gasteiger partial charge on any atom is 0.257 e. The van der Waals surface area contributed by atoms with Gasteiger partial charge in [-0.2, -0.15) is 0 Å². The first-order chi connectivity index (χ1) is 11.7. The molecule has 1 aliphatic heterocycles. The molecule has 1 saturated heterocycles. The highest BCUT2D eigenvalue weighted by atomic mass is 35.5. The lowest BCUT2D eigenvalue weighted by Crippen LogP contribution is -2.41. The summed E-state index contributed by atoms with van der Waals surface area (Å²) in [5.41, 5.74) is 0. The number of ether oxygens (including phenoxy) is 1.